The highest BCUT2D eigenvalue weighted by Crippen LogP contribution is 2.36. The summed E-state index contributed by atoms with van der Waals surface area (Å²) in [6.45, 7) is 4.19. The summed E-state index contributed by atoms with van der Waals surface area (Å²) in [5, 5.41) is 9.56. The van der Waals surface area contributed by atoms with Crippen LogP contribution in [0.2, 0.25) is 0 Å². The number of esters is 1. The number of likely N-dealkylation sites (tertiary alicyclic amines) is 1. The van der Waals surface area contributed by atoms with E-state index in [0.29, 0.717) is 25.9 Å². The Morgan fingerprint density at radius 2 is 1.86 bits per heavy atom. The molecule has 5 nitrogen and oxygen atoms in total. The predicted molar refractivity (Wildman–Crippen MR) is 82.3 cm³/mol. The molecule has 1 aliphatic heterocycles. The standard InChI is InChI=1S/C17H23NO4/c1-2-22-15(19)12-17(16(20)21)8-10-18(11-9-17)13-14-6-4-3-5-7-14/h3-7H,2,8-13H2,1H3,(H,20,21). The van der Waals surface area contributed by atoms with E-state index in [9.17, 15) is 14.7 Å². The number of hydrogen-bond acceptors (Lipinski definition) is 4. The fraction of sp³-hybridized carbons (Fsp3) is 0.529. The smallest absolute Gasteiger partial charge is 0.310 e. The fourth-order valence-electron chi connectivity index (χ4n) is 2.94. The van der Waals surface area contributed by atoms with Gasteiger partial charge in [0, 0.05) is 6.54 Å². The Balaban J connectivity index is 1.95. The number of carboxylic acids is 1. The van der Waals surface area contributed by atoms with Crippen molar-refractivity contribution < 1.29 is 19.4 Å². The van der Waals surface area contributed by atoms with Crippen LogP contribution in [0.1, 0.15) is 31.7 Å². The Hall–Kier alpha value is -1.88. The second-order valence-corrected chi connectivity index (χ2v) is 5.83. The molecule has 1 N–H and O–H groups in total. The van der Waals surface area contributed by atoms with Crippen LogP contribution in [0.25, 0.3) is 0 Å². The van der Waals surface area contributed by atoms with Crippen LogP contribution in [-0.2, 0) is 20.9 Å². The van der Waals surface area contributed by atoms with Crippen LogP contribution < -0.4 is 0 Å². The maximum atomic E-state index is 11.7. The molecular formula is C17H23NO4. The lowest BCUT2D eigenvalue weighted by Gasteiger charge is -2.38. The highest BCUT2D eigenvalue weighted by Gasteiger charge is 2.43. The SMILES string of the molecule is CCOC(=O)CC1(C(=O)O)CCN(Cc2ccccc2)CC1. The molecule has 0 amide bonds. The number of carbonyl (C=O) groups excluding carboxylic acids is 1. The van der Waals surface area contributed by atoms with Crippen LogP contribution in [0.3, 0.4) is 0 Å². The highest BCUT2D eigenvalue weighted by molar-refractivity contribution is 5.82. The minimum atomic E-state index is -0.973. The van der Waals surface area contributed by atoms with Crippen molar-refractivity contribution in [1.29, 1.82) is 0 Å². The van der Waals surface area contributed by atoms with Crippen LogP contribution in [0.5, 0.6) is 0 Å². The van der Waals surface area contributed by atoms with Crippen molar-refractivity contribution in [3.05, 3.63) is 35.9 Å². The molecule has 1 fully saturated rings. The Morgan fingerprint density at radius 1 is 1.23 bits per heavy atom. The lowest BCUT2D eigenvalue weighted by atomic mass is 9.75. The van der Waals surface area contributed by atoms with Crippen LogP contribution in [-0.4, -0.2) is 41.6 Å². The lowest BCUT2D eigenvalue weighted by molar-refractivity contribution is -0.161. The average molecular weight is 305 g/mol. The number of hydrogen-bond donors (Lipinski definition) is 1. The molecular weight excluding hydrogens is 282 g/mol. The van der Waals surface area contributed by atoms with Gasteiger partial charge in [-0.1, -0.05) is 30.3 Å². The average Bonchev–Trinajstić information content (AvgIpc) is 2.50. The minimum absolute atomic E-state index is 0.0324. The van der Waals surface area contributed by atoms with E-state index >= 15 is 0 Å². The third-order valence-electron chi connectivity index (χ3n) is 4.30. The Labute approximate surface area is 130 Å². The van der Waals surface area contributed by atoms with Crippen LogP contribution in [0.15, 0.2) is 30.3 Å². The first-order valence-electron chi connectivity index (χ1n) is 7.71. The van der Waals surface area contributed by atoms with Crippen molar-refractivity contribution in [3.8, 4) is 0 Å². The maximum absolute atomic E-state index is 11.7. The van der Waals surface area contributed by atoms with E-state index in [1.165, 1.54) is 5.56 Å². The topological polar surface area (TPSA) is 66.8 Å². The summed E-state index contributed by atoms with van der Waals surface area (Å²) in [4.78, 5) is 25.6. The van der Waals surface area contributed by atoms with Gasteiger partial charge in [-0.15, -0.1) is 0 Å². The summed E-state index contributed by atoms with van der Waals surface area (Å²) < 4.78 is 4.93. The number of nitrogens with zero attached hydrogens (tertiary/aromatic N) is 1. The number of ether oxygens (including phenoxy) is 1. The number of benzene rings is 1. The monoisotopic (exact) mass is 305 g/mol. The van der Waals surface area contributed by atoms with Gasteiger partial charge in [0.2, 0.25) is 0 Å². The molecule has 0 saturated carbocycles. The predicted octanol–water partition coefficient (Wildman–Crippen LogP) is 2.31. The fourth-order valence-corrected chi connectivity index (χ4v) is 2.94. The number of aliphatic carboxylic acids is 1. The second kappa shape index (κ2) is 7.40. The van der Waals surface area contributed by atoms with Crippen molar-refractivity contribution in [1.82, 2.24) is 4.90 Å². The molecule has 5 heteroatoms. The van der Waals surface area contributed by atoms with Crippen molar-refractivity contribution >= 4 is 11.9 Å². The van der Waals surface area contributed by atoms with E-state index in [1.54, 1.807) is 6.92 Å². The van der Waals surface area contributed by atoms with E-state index < -0.39 is 17.4 Å². The number of carboxylic acid groups (broad SMARTS) is 1. The quantitative estimate of drug-likeness (QED) is 0.817. The van der Waals surface area contributed by atoms with Gasteiger partial charge in [0.25, 0.3) is 0 Å². The van der Waals surface area contributed by atoms with Crippen molar-refractivity contribution in [2.24, 2.45) is 5.41 Å². The Kier molecular flexibility index (Phi) is 5.55. The van der Waals surface area contributed by atoms with Gasteiger partial charge in [0.1, 0.15) is 0 Å². The van der Waals surface area contributed by atoms with Crippen molar-refractivity contribution in [2.75, 3.05) is 19.7 Å². The molecule has 22 heavy (non-hydrogen) atoms. The molecule has 1 saturated heterocycles. The zero-order valence-electron chi connectivity index (χ0n) is 13.0. The van der Waals surface area contributed by atoms with Crippen LogP contribution in [0, 0.1) is 5.41 Å². The molecule has 1 aliphatic rings. The molecule has 0 aromatic heterocycles. The van der Waals surface area contributed by atoms with Gasteiger partial charge in [-0.05, 0) is 38.4 Å². The molecule has 0 aliphatic carbocycles. The Morgan fingerprint density at radius 3 is 2.41 bits per heavy atom. The van der Waals surface area contributed by atoms with Crippen molar-refractivity contribution in [2.45, 2.75) is 32.7 Å². The number of piperidine rings is 1. The molecule has 1 aromatic carbocycles. The van der Waals surface area contributed by atoms with E-state index in [4.69, 9.17) is 4.74 Å². The van der Waals surface area contributed by atoms with Gasteiger partial charge < -0.3 is 9.84 Å². The number of carbonyl (C=O) groups is 2. The second-order valence-electron chi connectivity index (χ2n) is 5.83. The van der Waals surface area contributed by atoms with Gasteiger partial charge in [-0.25, -0.2) is 0 Å². The summed E-state index contributed by atoms with van der Waals surface area (Å²) in [5.41, 5.74) is 0.245. The molecule has 1 heterocycles. The third-order valence-corrected chi connectivity index (χ3v) is 4.30. The third kappa shape index (κ3) is 4.07. The molecule has 120 valence electrons. The lowest BCUT2D eigenvalue weighted by Crippen LogP contribution is -2.45. The molecule has 0 radical (unpaired) electrons. The number of rotatable bonds is 6. The van der Waals surface area contributed by atoms with Crippen LogP contribution in [0.4, 0.5) is 0 Å². The summed E-state index contributed by atoms with van der Waals surface area (Å²) >= 11 is 0. The van der Waals surface area contributed by atoms with Gasteiger partial charge in [-0.3, -0.25) is 14.5 Å². The first kappa shape index (κ1) is 16.5. The molecule has 1 aromatic rings. The van der Waals surface area contributed by atoms with E-state index in [0.717, 1.165) is 6.54 Å². The summed E-state index contributed by atoms with van der Waals surface area (Å²) in [6.07, 6.45) is 0.928. The Bertz CT molecular complexity index is 507. The molecule has 2 rings (SSSR count). The summed E-state index contributed by atoms with van der Waals surface area (Å²) in [5.74, 6) is -1.30. The zero-order chi connectivity index (χ0) is 16.0. The zero-order valence-corrected chi connectivity index (χ0v) is 13.0. The van der Waals surface area contributed by atoms with Gasteiger partial charge in [-0.2, -0.15) is 0 Å². The minimum Gasteiger partial charge on any atom is -0.481 e. The summed E-state index contributed by atoms with van der Waals surface area (Å²) in [7, 11) is 0. The first-order valence-corrected chi connectivity index (χ1v) is 7.71. The molecule has 0 spiro atoms. The molecule has 0 bridgehead atoms. The van der Waals surface area contributed by atoms with Crippen LogP contribution >= 0.6 is 0 Å². The van der Waals surface area contributed by atoms with Gasteiger partial charge in [0.15, 0.2) is 0 Å². The maximum Gasteiger partial charge on any atom is 0.310 e. The van der Waals surface area contributed by atoms with Crippen molar-refractivity contribution in [3.63, 3.8) is 0 Å². The van der Waals surface area contributed by atoms with E-state index in [1.807, 2.05) is 18.2 Å². The molecule has 0 atom stereocenters. The first-order chi connectivity index (χ1) is 10.6. The normalized spacial score (nSPS) is 17.9. The van der Waals surface area contributed by atoms with Gasteiger partial charge >= 0.3 is 11.9 Å². The molecule has 0 unspecified atom stereocenters. The largest absolute Gasteiger partial charge is 0.481 e. The van der Waals surface area contributed by atoms with E-state index in [-0.39, 0.29) is 13.0 Å². The highest BCUT2D eigenvalue weighted by atomic mass is 16.5. The van der Waals surface area contributed by atoms with Gasteiger partial charge in [0.05, 0.1) is 18.4 Å². The summed E-state index contributed by atoms with van der Waals surface area (Å²) in [6, 6.07) is 10.1. The van der Waals surface area contributed by atoms with E-state index in [2.05, 4.69) is 17.0 Å².